The second-order valence-electron chi connectivity index (χ2n) is 2.45. The Morgan fingerprint density at radius 3 is 2.42 bits per heavy atom. The topological polar surface area (TPSA) is 57.5 Å². The molecule has 0 saturated heterocycles. The largest absolute Gasteiger partial charge is 0.329 e. The van der Waals surface area contributed by atoms with Crippen molar-refractivity contribution in [1.82, 2.24) is 0 Å². The Bertz CT molecular complexity index is 320. The van der Waals surface area contributed by atoms with E-state index in [4.69, 9.17) is 9.79 Å². The van der Waals surface area contributed by atoms with Gasteiger partial charge in [-0.2, -0.15) is 0 Å². The molecule has 0 bridgehead atoms. The lowest BCUT2D eigenvalue weighted by Gasteiger charge is -2.05. The Hall–Kier alpha value is -0.280. The van der Waals surface area contributed by atoms with Crippen molar-refractivity contribution in [3.8, 4) is 0 Å². The molecule has 0 aliphatic heterocycles. The second kappa shape index (κ2) is 3.62. The number of benzene rings is 1. The van der Waals surface area contributed by atoms with Crippen LogP contribution in [0.15, 0.2) is 29.2 Å². The first-order valence-electron chi connectivity index (χ1n) is 3.30. The summed E-state index contributed by atoms with van der Waals surface area (Å²) in [6, 6.07) is 6.85. The van der Waals surface area contributed by atoms with E-state index in [2.05, 4.69) is 12.6 Å². The van der Waals surface area contributed by atoms with Gasteiger partial charge >= 0.3 is 7.60 Å². The molecule has 5 heteroatoms. The van der Waals surface area contributed by atoms with Crippen molar-refractivity contribution >= 4 is 20.2 Å². The van der Waals surface area contributed by atoms with Gasteiger partial charge in [0, 0.05) is 4.90 Å². The Kier molecular flexibility index (Phi) is 2.96. The van der Waals surface area contributed by atoms with Gasteiger partial charge < -0.3 is 9.79 Å². The van der Waals surface area contributed by atoms with Gasteiger partial charge in [-0.25, -0.2) is 0 Å². The van der Waals surface area contributed by atoms with Crippen LogP contribution in [0.1, 0.15) is 5.56 Å². The molecule has 0 heterocycles. The monoisotopic (exact) mass is 204 g/mol. The van der Waals surface area contributed by atoms with Crippen LogP contribution in [0.3, 0.4) is 0 Å². The molecule has 3 nitrogen and oxygen atoms in total. The highest BCUT2D eigenvalue weighted by molar-refractivity contribution is 7.80. The first-order valence-corrected chi connectivity index (χ1v) is 5.55. The molecule has 0 aromatic heterocycles. The SMILES string of the molecule is O=P(O)(O)Cc1ccccc1S. The lowest BCUT2D eigenvalue weighted by molar-refractivity contribution is 0.371. The summed E-state index contributed by atoms with van der Waals surface area (Å²) in [4.78, 5) is 18.0. The fraction of sp³-hybridized carbons (Fsp3) is 0.143. The third-order valence-electron chi connectivity index (χ3n) is 1.37. The molecule has 0 amide bonds. The number of hydrogen-bond donors (Lipinski definition) is 3. The number of rotatable bonds is 2. The molecule has 1 rings (SSSR count). The van der Waals surface area contributed by atoms with Gasteiger partial charge in [0.1, 0.15) is 0 Å². The minimum atomic E-state index is -3.96. The molecule has 12 heavy (non-hydrogen) atoms. The normalized spacial score (nSPS) is 11.6. The van der Waals surface area contributed by atoms with Crippen LogP contribution in [0.25, 0.3) is 0 Å². The molecular formula is C7H9O3PS. The molecular weight excluding hydrogens is 195 g/mol. The molecule has 0 saturated carbocycles. The Labute approximate surface area is 76.0 Å². The van der Waals surface area contributed by atoms with Crippen molar-refractivity contribution in [2.75, 3.05) is 0 Å². The van der Waals surface area contributed by atoms with Gasteiger partial charge in [-0.3, -0.25) is 4.57 Å². The highest BCUT2D eigenvalue weighted by atomic mass is 32.1. The highest BCUT2D eigenvalue weighted by Gasteiger charge is 2.14. The van der Waals surface area contributed by atoms with Gasteiger partial charge in [0.25, 0.3) is 0 Å². The molecule has 0 atom stereocenters. The Balaban J connectivity index is 2.90. The van der Waals surface area contributed by atoms with Gasteiger partial charge in [-0.1, -0.05) is 18.2 Å². The van der Waals surface area contributed by atoms with Crippen LogP contribution < -0.4 is 0 Å². The molecule has 0 radical (unpaired) electrons. The molecule has 66 valence electrons. The lowest BCUT2D eigenvalue weighted by Crippen LogP contribution is -1.87. The van der Waals surface area contributed by atoms with Crippen molar-refractivity contribution < 1.29 is 14.4 Å². The smallest absolute Gasteiger partial charge is 0.324 e. The summed E-state index contributed by atoms with van der Waals surface area (Å²) in [5, 5.41) is 0. The zero-order chi connectivity index (χ0) is 9.19. The maximum Gasteiger partial charge on any atom is 0.329 e. The predicted octanol–water partition coefficient (Wildman–Crippen LogP) is 1.65. The van der Waals surface area contributed by atoms with Gasteiger partial charge in [0.2, 0.25) is 0 Å². The zero-order valence-corrected chi connectivity index (χ0v) is 8.00. The van der Waals surface area contributed by atoms with Crippen LogP contribution in [0.2, 0.25) is 0 Å². The first-order chi connectivity index (χ1) is 5.49. The second-order valence-corrected chi connectivity index (χ2v) is 4.58. The highest BCUT2D eigenvalue weighted by Crippen LogP contribution is 2.40. The van der Waals surface area contributed by atoms with Crippen molar-refractivity contribution in [2.45, 2.75) is 11.1 Å². The summed E-state index contributed by atoms with van der Waals surface area (Å²) >= 11 is 4.07. The van der Waals surface area contributed by atoms with Gasteiger partial charge in [0.05, 0.1) is 6.16 Å². The predicted molar refractivity (Wildman–Crippen MR) is 49.4 cm³/mol. The van der Waals surface area contributed by atoms with E-state index >= 15 is 0 Å². The van der Waals surface area contributed by atoms with E-state index in [0.717, 1.165) is 0 Å². The van der Waals surface area contributed by atoms with E-state index in [1.165, 1.54) is 0 Å². The van der Waals surface area contributed by atoms with Gasteiger partial charge in [0.15, 0.2) is 0 Å². The summed E-state index contributed by atoms with van der Waals surface area (Å²) in [7, 11) is -3.96. The fourth-order valence-electron chi connectivity index (χ4n) is 0.866. The van der Waals surface area contributed by atoms with E-state index in [9.17, 15) is 4.57 Å². The van der Waals surface area contributed by atoms with Crippen LogP contribution in [-0.2, 0) is 10.7 Å². The average Bonchev–Trinajstić information content (AvgIpc) is 1.91. The maximum absolute atomic E-state index is 10.6. The zero-order valence-electron chi connectivity index (χ0n) is 6.21. The van der Waals surface area contributed by atoms with E-state index in [0.29, 0.717) is 10.5 Å². The molecule has 0 aliphatic carbocycles. The summed E-state index contributed by atoms with van der Waals surface area (Å²) in [6.45, 7) is 0. The molecule has 1 aromatic carbocycles. The third-order valence-corrected chi connectivity index (χ3v) is 2.56. The molecule has 1 aromatic rings. The Morgan fingerprint density at radius 1 is 1.33 bits per heavy atom. The summed E-state index contributed by atoms with van der Waals surface area (Å²) in [5.41, 5.74) is 0.578. The lowest BCUT2D eigenvalue weighted by atomic mass is 10.2. The van der Waals surface area contributed by atoms with Crippen molar-refractivity contribution in [3.05, 3.63) is 29.8 Å². The average molecular weight is 204 g/mol. The van der Waals surface area contributed by atoms with Crippen molar-refractivity contribution in [3.63, 3.8) is 0 Å². The molecule has 0 unspecified atom stereocenters. The summed E-state index contributed by atoms with van der Waals surface area (Å²) in [6.07, 6.45) is -0.243. The molecule has 0 aliphatic rings. The van der Waals surface area contributed by atoms with E-state index in [1.807, 2.05) is 0 Å². The quantitative estimate of drug-likeness (QED) is 0.507. The third kappa shape index (κ3) is 2.99. The van der Waals surface area contributed by atoms with Crippen LogP contribution in [0.5, 0.6) is 0 Å². The van der Waals surface area contributed by atoms with E-state index < -0.39 is 7.60 Å². The first kappa shape index (κ1) is 9.81. The molecule has 0 spiro atoms. The van der Waals surface area contributed by atoms with Crippen molar-refractivity contribution in [2.24, 2.45) is 0 Å². The maximum atomic E-state index is 10.6. The molecule has 0 fully saturated rings. The summed E-state index contributed by atoms with van der Waals surface area (Å²) < 4.78 is 10.6. The minimum Gasteiger partial charge on any atom is -0.324 e. The van der Waals surface area contributed by atoms with Crippen LogP contribution in [-0.4, -0.2) is 9.79 Å². The van der Waals surface area contributed by atoms with Crippen molar-refractivity contribution in [1.29, 1.82) is 0 Å². The van der Waals surface area contributed by atoms with E-state index in [1.54, 1.807) is 24.3 Å². The fourth-order valence-corrected chi connectivity index (χ4v) is 1.95. The number of thiol groups is 1. The minimum absolute atomic E-state index is 0.243. The molecule has 2 N–H and O–H groups in total. The summed E-state index contributed by atoms with van der Waals surface area (Å²) in [5.74, 6) is 0. The Morgan fingerprint density at radius 2 is 1.92 bits per heavy atom. The standard InChI is InChI=1S/C7H9O3PS/c8-11(9,10)5-6-3-1-2-4-7(6)12/h1-4,12H,5H2,(H2,8,9,10). The number of hydrogen-bond acceptors (Lipinski definition) is 2. The van der Waals surface area contributed by atoms with Crippen LogP contribution in [0.4, 0.5) is 0 Å². The van der Waals surface area contributed by atoms with Crippen LogP contribution >= 0.6 is 20.2 Å². The van der Waals surface area contributed by atoms with Gasteiger partial charge in [-0.05, 0) is 11.6 Å². The van der Waals surface area contributed by atoms with Crippen LogP contribution in [0, 0.1) is 0 Å². The van der Waals surface area contributed by atoms with E-state index in [-0.39, 0.29) is 6.16 Å². The van der Waals surface area contributed by atoms with Gasteiger partial charge in [-0.15, -0.1) is 12.6 Å².